The molecule has 0 bridgehead atoms. The highest BCUT2D eigenvalue weighted by molar-refractivity contribution is 6.19. The van der Waals surface area contributed by atoms with Crippen LogP contribution in [-0.4, -0.2) is 24.1 Å². The third-order valence-electron chi connectivity index (χ3n) is 15.2. The summed E-state index contributed by atoms with van der Waals surface area (Å²) in [4.78, 5) is 0. The molecule has 0 radical (unpaired) electrons. The molecule has 11 aromatic carbocycles. The lowest BCUT2D eigenvalue weighted by Crippen LogP contribution is -2.15. The van der Waals surface area contributed by atoms with Crippen LogP contribution in [0.4, 0.5) is 0 Å². The van der Waals surface area contributed by atoms with Crippen molar-refractivity contribution < 1.29 is 0 Å². The van der Waals surface area contributed by atoms with Crippen molar-refractivity contribution in [2.45, 2.75) is 0 Å². The van der Waals surface area contributed by atoms with Gasteiger partial charge < -0.3 is 19.1 Å². The average Bonchev–Trinajstić information content (AvgIpc) is 4.19. The van der Waals surface area contributed by atoms with Crippen LogP contribution in [-0.2, 0) is 0 Å². The lowest BCUT2D eigenvalue weighted by molar-refractivity contribution is 1.06. The fourth-order valence-corrected chi connectivity index (χ4v) is 11.8. The Hall–Kier alpha value is -10.2. The largest absolute Gasteiger partial charge is 0.309 e. The molecule has 15 rings (SSSR count). The van der Waals surface area contributed by atoms with E-state index in [4.69, 9.17) is 0 Å². The summed E-state index contributed by atoms with van der Waals surface area (Å²) in [6.07, 6.45) is 1.97. The minimum absolute atomic E-state index is 0.407. The Labute approximate surface area is 432 Å². The van der Waals surface area contributed by atoms with E-state index in [-0.39, 0.29) is 0 Å². The van der Waals surface area contributed by atoms with E-state index in [2.05, 4.69) is 254 Å². The van der Waals surface area contributed by atoms with Crippen LogP contribution in [0.3, 0.4) is 0 Å². The zero-order valence-corrected chi connectivity index (χ0v) is 40.7. The van der Waals surface area contributed by atoms with Crippen LogP contribution in [0.2, 0.25) is 0 Å². The summed E-state index contributed by atoms with van der Waals surface area (Å²) in [7, 11) is 0. The first-order valence-corrected chi connectivity index (χ1v) is 25.5. The van der Waals surface area contributed by atoms with E-state index in [1.807, 2.05) is 36.4 Å². The van der Waals surface area contributed by atoms with Crippen molar-refractivity contribution in [3.63, 3.8) is 0 Å². The maximum Gasteiger partial charge on any atom is 0.0710 e. The number of allylic oxidation sites excluding steroid dienone is 1. The van der Waals surface area contributed by atoms with Gasteiger partial charge in [0.1, 0.15) is 0 Å². The van der Waals surface area contributed by atoms with Gasteiger partial charge >= 0.3 is 0 Å². The van der Waals surface area contributed by atoms with Crippen LogP contribution in [0.15, 0.2) is 267 Å². The second-order valence-electron chi connectivity index (χ2n) is 19.4. The Balaban J connectivity index is 0.881. The number of hydrogen-bond donors (Lipinski definition) is 2. The number of rotatable bonds is 9. The molecule has 6 nitrogen and oxygen atoms in total. The first-order chi connectivity index (χ1) is 37.1. The molecule has 0 unspecified atom stereocenters. The first kappa shape index (κ1) is 42.5. The zero-order chi connectivity index (χ0) is 49.6. The molecule has 4 heterocycles. The predicted molar refractivity (Wildman–Crippen MR) is 315 cm³/mol. The molecule has 4 aromatic heterocycles. The summed E-state index contributed by atoms with van der Waals surface area (Å²) in [6.45, 7) is 0. The van der Waals surface area contributed by atoms with E-state index in [0.717, 1.165) is 77.9 Å². The lowest BCUT2D eigenvalue weighted by Gasteiger charge is -2.17. The van der Waals surface area contributed by atoms with Gasteiger partial charge in [0.05, 0.1) is 55.5 Å². The molecule has 0 aliphatic rings. The van der Waals surface area contributed by atoms with Gasteiger partial charge in [0.2, 0.25) is 0 Å². The van der Waals surface area contributed by atoms with Crippen molar-refractivity contribution in [2.75, 3.05) is 5.43 Å². The highest BCUT2D eigenvalue weighted by atomic mass is 15.4. The summed E-state index contributed by atoms with van der Waals surface area (Å²) in [5.41, 5.74) is 21.6. The van der Waals surface area contributed by atoms with Gasteiger partial charge in [-0.15, -0.1) is 0 Å². The van der Waals surface area contributed by atoms with Crippen LogP contribution in [0.25, 0.3) is 121 Å². The minimum atomic E-state index is 0.407. The fourth-order valence-electron chi connectivity index (χ4n) is 11.8. The van der Waals surface area contributed by atoms with Crippen LogP contribution in [0, 0.1) is 5.41 Å². The molecule has 2 N–H and O–H groups in total. The van der Waals surface area contributed by atoms with Gasteiger partial charge in [-0.3, -0.25) is 10.1 Å². The predicted octanol–water partition coefficient (Wildman–Crippen LogP) is 17.4. The summed E-state index contributed by atoms with van der Waals surface area (Å²) in [5.74, 6) is 0. The van der Waals surface area contributed by atoms with Crippen LogP contribution >= 0.6 is 0 Å². The number of para-hydroxylation sites is 6. The molecule has 0 fully saturated rings. The first-order valence-electron chi connectivity index (χ1n) is 25.5. The topological polar surface area (TPSA) is 55.6 Å². The molecule has 75 heavy (non-hydrogen) atoms. The maximum atomic E-state index is 9.53. The van der Waals surface area contributed by atoms with Gasteiger partial charge in [-0.25, -0.2) is 0 Å². The summed E-state index contributed by atoms with van der Waals surface area (Å²) >= 11 is 0. The van der Waals surface area contributed by atoms with E-state index < -0.39 is 0 Å². The Morgan fingerprint density at radius 2 is 0.667 bits per heavy atom. The summed E-state index contributed by atoms with van der Waals surface area (Å²) < 4.78 is 9.35. The Morgan fingerprint density at radius 1 is 0.293 bits per heavy atom. The third-order valence-corrected chi connectivity index (χ3v) is 15.2. The van der Waals surface area contributed by atoms with E-state index in [9.17, 15) is 5.41 Å². The monoisotopic (exact) mass is 958 g/mol. The second kappa shape index (κ2) is 17.0. The average molecular weight is 959 g/mol. The number of aromatic nitrogens is 4. The third kappa shape index (κ3) is 6.77. The standard InChI is InChI=1S/C69H46N6/c70-60(45-19-4-1-5-20-45)44-61(48-21-18-26-51(39-48)74-64-33-16-12-29-54(64)59-42-68-58(43-69(59)74)53-28-11-15-32-63(53)73(68)50-24-8-3-9-25-50)71-75-66-34-17-13-30-55(66)57-41-47(36-38-67(57)75)46-35-37-65-56(40-46)52-27-10-14-31-62(52)72(65)49-22-6-2-7-23-49/h1-44,70-71H/b61-44-,70-60?. The molecule has 0 saturated carbocycles. The SMILES string of the molecule is N=C(/C=C(\Nn1c2ccccc2c2cc(-c3ccc4c(c3)c3ccccc3n4-c3ccccc3)ccc21)c1cccc(-n2c3ccccc3c3cc4c(cc32)c2ccccc2n4-c2ccccc2)c1)c1ccccc1. The Kier molecular flexibility index (Phi) is 9.62. The molecule has 0 spiro atoms. The molecule has 6 heteroatoms. The van der Waals surface area contributed by atoms with E-state index in [0.29, 0.717) is 5.71 Å². The van der Waals surface area contributed by atoms with Gasteiger partial charge in [0, 0.05) is 65.7 Å². The number of hydrogen-bond acceptors (Lipinski definition) is 2. The normalized spacial score (nSPS) is 12.1. The van der Waals surface area contributed by atoms with Crippen LogP contribution in [0.5, 0.6) is 0 Å². The van der Waals surface area contributed by atoms with Crippen molar-refractivity contribution in [1.29, 1.82) is 5.41 Å². The van der Waals surface area contributed by atoms with Gasteiger partial charge in [0.25, 0.3) is 0 Å². The number of fused-ring (bicyclic) bond motifs is 12. The molecule has 0 amide bonds. The Bertz CT molecular complexity index is 4800. The van der Waals surface area contributed by atoms with E-state index in [1.54, 1.807) is 0 Å². The molecule has 15 aromatic rings. The molecular weight excluding hydrogens is 913 g/mol. The van der Waals surface area contributed by atoms with Gasteiger partial charge in [-0.05, 0) is 120 Å². The molecule has 0 aliphatic heterocycles. The van der Waals surface area contributed by atoms with Crippen molar-refractivity contribution >= 4 is 98.6 Å². The molecule has 0 atom stereocenters. The zero-order valence-electron chi connectivity index (χ0n) is 40.7. The van der Waals surface area contributed by atoms with Crippen molar-refractivity contribution in [3.05, 3.63) is 278 Å². The molecule has 0 saturated heterocycles. The van der Waals surface area contributed by atoms with Crippen molar-refractivity contribution in [3.8, 4) is 28.2 Å². The van der Waals surface area contributed by atoms with Crippen LogP contribution < -0.4 is 5.43 Å². The number of nitrogens with one attached hydrogen (secondary N) is 2. The number of benzene rings is 11. The number of nitrogens with zero attached hydrogens (tertiary/aromatic N) is 4. The molecular formula is C69H46N6. The van der Waals surface area contributed by atoms with E-state index in [1.165, 1.54) is 54.4 Å². The van der Waals surface area contributed by atoms with Crippen molar-refractivity contribution in [1.82, 2.24) is 18.4 Å². The highest BCUT2D eigenvalue weighted by Gasteiger charge is 2.21. The molecule has 0 aliphatic carbocycles. The van der Waals surface area contributed by atoms with Gasteiger partial charge in [0.15, 0.2) is 0 Å². The van der Waals surface area contributed by atoms with Gasteiger partial charge in [-0.1, -0.05) is 164 Å². The quantitative estimate of drug-likeness (QED) is 0.139. The summed E-state index contributed by atoms with van der Waals surface area (Å²) in [5, 5.41) is 19.0. The van der Waals surface area contributed by atoms with E-state index >= 15 is 0 Å². The smallest absolute Gasteiger partial charge is 0.0710 e. The van der Waals surface area contributed by atoms with Crippen molar-refractivity contribution in [2.24, 2.45) is 0 Å². The summed E-state index contributed by atoms with van der Waals surface area (Å²) in [6, 6.07) is 93.2. The fraction of sp³-hybridized carbons (Fsp3) is 0. The maximum absolute atomic E-state index is 9.53. The second-order valence-corrected chi connectivity index (χ2v) is 19.4. The molecule has 352 valence electrons. The Morgan fingerprint density at radius 3 is 1.23 bits per heavy atom. The van der Waals surface area contributed by atoms with Gasteiger partial charge in [-0.2, -0.15) is 0 Å². The lowest BCUT2D eigenvalue weighted by atomic mass is 10.0. The minimum Gasteiger partial charge on any atom is -0.309 e. The van der Waals surface area contributed by atoms with Crippen LogP contribution in [0.1, 0.15) is 11.1 Å². The highest BCUT2D eigenvalue weighted by Crippen LogP contribution is 2.41.